The van der Waals surface area contributed by atoms with Crippen LogP contribution in [0.15, 0.2) is 185 Å². The third-order valence-electron chi connectivity index (χ3n) is 9.67. The Bertz CT molecular complexity index is 2810. The largest absolute Gasteiger partial charge is 0.456 e. The van der Waals surface area contributed by atoms with E-state index in [2.05, 4.69) is 169 Å². The van der Waals surface area contributed by atoms with E-state index in [9.17, 15) is 0 Å². The quantitative estimate of drug-likeness (QED) is 0.190. The van der Waals surface area contributed by atoms with Crippen LogP contribution in [0, 0.1) is 0 Å². The van der Waals surface area contributed by atoms with Gasteiger partial charge in [0, 0.05) is 27.5 Å². The van der Waals surface area contributed by atoms with E-state index in [0.29, 0.717) is 0 Å². The fourth-order valence-electron chi connectivity index (χ4n) is 7.33. The highest BCUT2D eigenvalue weighted by atomic mass is 16.3. The Balaban J connectivity index is 1.09. The van der Waals surface area contributed by atoms with Crippen molar-refractivity contribution in [1.29, 1.82) is 0 Å². The highest BCUT2D eigenvalue weighted by molar-refractivity contribution is 6.19. The molecule has 3 nitrogen and oxygen atoms in total. The summed E-state index contributed by atoms with van der Waals surface area (Å²) in [5.41, 5.74) is 11.4. The summed E-state index contributed by atoms with van der Waals surface area (Å²) >= 11 is 0. The number of furan rings is 2. The zero-order valence-corrected chi connectivity index (χ0v) is 26.5. The fourth-order valence-corrected chi connectivity index (χ4v) is 7.33. The highest BCUT2D eigenvalue weighted by Crippen LogP contribution is 2.44. The summed E-state index contributed by atoms with van der Waals surface area (Å²) in [6.45, 7) is 0. The summed E-state index contributed by atoms with van der Waals surface area (Å²) in [6, 6.07) is 62.0. The van der Waals surface area contributed by atoms with E-state index in [-0.39, 0.29) is 0 Å². The van der Waals surface area contributed by atoms with E-state index in [1.54, 1.807) is 0 Å². The molecule has 0 unspecified atom stereocenters. The summed E-state index contributed by atoms with van der Waals surface area (Å²) in [6.07, 6.45) is 0. The lowest BCUT2D eigenvalue weighted by molar-refractivity contribution is 0.668. The normalized spacial score (nSPS) is 11.7. The van der Waals surface area contributed by atoms with Crippen molar-refractivity contribution in [3.8, 4) is 22.3 Å². The molecule has 8 aromatic carbocycles. The van der Waals surface area contributed by atoms with Crippen molar-refractivity contribution in [2.75, 3.05) is 4.90 Å². The number of para-hydroxylation sites is 1. The zero-order valence-electron chi connectivity index (χ0n) is 26.5. The third-order valence-corrected chi connectivity index (χ3v) is 9.67. The molecule has 3 heteroatoms. The third kappa shape index (κ3) is 4.51. The summed E-state index contributed by atoms with van der Waals surface area (Å²) < 4.78 is 12.7. The Labute approximate surface area is 282 Å². The van der Waals surface area contributed by atoms with Gasteiger partial charge in [0.15, 0.2) is 0 Å². The number of nitrogens with zero attached hydrogens (tertiary/aromatic N) is 1. The van der Waals surface area contributed by atoms with Gasteiger partial charge in [-0.2, -0.15) is 0 Å². The molecule has 230 valence electrons. The molecule has 0 aliphatic heterocycles. The number of hydrogen-bond acceptors (Lipinski definition) is 3. The topological polar surface area (TPSA) is 29.5 Å². The molecule has 0 aliphatic carbocycles. The maximum atomic E-state index is 6.39. The Morgan fingerprint density at radius 1 is 0.327 bits per heavy atom. The Morgan fingerprint density at radius 2 is 0.898 bits per heavy atom. The van der Waals surface area contributed by atoms with Crippen molar-refractivity contribution in [1.82, 2.24) is 0 Å². The first-order valence-corrected chi connectivity index (χ1v) is 16.6. The predicted octanol–water partition coefficient (Wildman–Crippen LogP) is 13.4. The highest BCUT2D eigenvalue weighted by Gasteiger charge is 2.20. The van der Waals surface area contributed by atoms with Crippen molar-refractivity contribution < 1.29 is 8.83 Å². The molecule has 0 N–H and O–H groups in total. The summed E-state index contributed by atoms with van der Waals surface area (Å²) in [7, 11) is 0. The van der Waals surface area contributed by atoms with E-state index in [1.165, 1.54) is 27.3 Å². The van der Waals surface area contributed by atoms with Crippen LogP contribution in [0.2, 0.25) is 0 Å². The Kier molecular flexibility index (Phi) is 6.18. The van der Waals surface area contributed by atoms with Crippen molar-refractivity contribution >= 4 is 71.7 Å². The van der Waals surface area contributed by atoms with Crippen LogP contribution in [-0.4, -0.2) is 0 Å². The van der Waals surface area contributed by atoms with Gasteiger partial charge in [0.25, 0.3) is 0 Å². The molecule has 49 heavy (non-hydrogen) atoms. The van der Waals surface area contributed by atoms with E-state index < -0.39 is 0 Å². The van der Waals surface area contributed by atoms with Crippen LogP contribution in [0.5, 0.6) is 0 Å². The van der Waals surface area contributed by atoms with Gasteiger partial charge in [-0.15, -0.1) is 0 Å². The molecule has 0 bridgehead atoms. The zero-order chi connectivity index (χ0) is 32.3. The van der Waals surface area contributed by atoms with Gasteiger partial charge in [-0.3, -0.25) is 0 Å². The minimum absolute atomic E-state index is 0.869. The summed E-state index contributed by atoms with van der Waals surface area (Å²) in [4.78, 5) is 2.33. The first-order chi connectivity index (χ1) is 24.3. The van der Waals surface area contributed by atoms with E-state index in [4.69, 9.17) is 8.83 Å². The molecule has 0 radical (unpaired) electrons. The van der Waals surface area contributed by atoms with Gasteiger partial charge in [0.2, 0.25) is 0 Å². The van der Waals surface area contributed by atoms with Gasteiger partial charge >= 0.3 is 0 Å². The molecule has 0 saturated carbocycles. The van der Waals surface area contributed by atoms with Gasteiger partial charge in [-0.25, -0.2) is 0 Å². The van der Waals surface area contributed by atoms with Crippen LogP contribution in [0.25, 0.3) is 76.9 Å². The monoisotopic (exact) mass is 627 g/mol. The summed E-state index contributed by atoms with van der Waals surface area (Å²) in [5, 5.41) is 6.94. The maximum absolute atomic E-state index is 6.39. The molecule has 0 spiro atoms. The van der Waals surface area contributed by atoms with Crippen molar-refractivity contribution in [3.63, 3.8) is 0 Å². The van der Waals surface area contributed by atoms with Crippen LogP contribution in [0.4, 0.5) is 17.1 Å². The van der Waals surface area contributed by atoms with Crippen LogP contribution >= 0.6 is 0 Å². The number of benzene rings is 8. The molecule has 2 aromatic heterocycles. The first-order valence-electron chi connectivity index (χ1n) is 16.6. The molecule has 0 saturated heterocycles. The lowest BCUT2D eigenvalue weighted by Gasteiger charge is -2.26. The van der Waals surface area contributed by atoms with E-state index in [1.807, 2.05) is 12.1 Å². The SMILES string of the molecule is c1ccc(-c2ccc(N(c3ccc(-c4ccc5c(c4)oc4ccc6ccccc6c45)cc3)c3cccc4oc5ccccc5c34)cc2)cc1. The number of fused-ring (bicyclic) bond motifs is 8. The molecule has 0 amide bonds. The molecular formula is C46H29NO2. The molecule has 0 fully saturated rings. The minimum Gasteiger partial charge on any atom is -0.456 e. The first kappa shape index (κ1) is 27.5. The predicted molar refractivity (Wildman–Crippen MR) is 204 cm³/mol. The van der Waals surface area contributed by atoms with Crippen molar-refractivity contribution in [2.24, 2.45) is 0 Å². The second-order valence-corrected chi connectivity index (χ2v) is 12.5. The van der Waals surface area contributed by atoms with Gasteiger partial charge < -0.3 is 13.7 Å². The second kappa shape index (κ2) is 11.0. The fraction of sp³-hybridized carbons (Fsp3) is 0. The van der Waals surface area contributed by atoms with Gasteiger partial charge in [-0.05, 0) is 93.7 Å². The maximum Gasteiger partial charge on any atom is 0.137 e. The average molecular weight is 628 g/mol. The van der Waals surface area contributed by atoms with Crippen LogP contribution in [0.3, 0.4) is 0 Å². The van der Waals surface area contributed by atoms with Crippen LogP contribution in [0.1, 0.15) is 0 Å². The van der Waals surface area contributed by atoms with Gasteiger partial charge in [0.05, 0.1) is 11.1 Å². The number of hydrogen-bond donors (Lipinski definition) is 0. The van der Waals surface area contributed by atoms with Gasteiger partial charge in [-0.1, -0.05) is 115 Å². The molecule has 10 aromatic rings. The lowest BCUT2D eigenvalue weighted by atomic mass is 10.0. The summed E-state index contributed by atoms with van der Waals surface area (Å²) in [5.74, 6) is 0. The van der Waals surface area contributed by atoms with Crippen LogP contribution < -0.4 is 4.90 Å². The van der Waals surface area contributed by atoms with E-state index >= 15 is 0 Å². The Hall–Kier alpha value is -6.58. The molecule has 2 heterocycles. The number of rotatable bonds is 5. The molecular weight excluding hydrogens is 599 g/mol. The standard InChI is InChI=1S/C46H29NO2/c1-2-9-30(10-3-1)31-17-23-35(24-18-31)47(40-14-8-16-42-46(40)38-13-6-7-15-41(38)48-42)36-25-19-32(20-26-36)34-21-27-39-44(29-34)49-43-28-22-33-11-4-5-12-37(33)45(39)43/h1-29H. The Morgan fingerprint density at radius 3 is 1.69 bits per heavy atom. The van der Waals surface area contributed by atoms with Crippen LogP contribution in [-0.2, 0) is 0 Å². The second-order valence-electron chi connectivity index (χ2n) is 12.5. The average Bonchev–Trinajstić information content (AvgIpc) is 3.75. The lowest BCUT2D eigenvalue weighted by Crippen LogP contribution is -2.10. The molecule has 0 aliphatic rings. The van der Waals surface area contributed by atoms with Crippen molar-refractivity contribution in [3.05, 3.63) is 176 Å². The number of anilines is 3. The molecule has 10 rings (SSSR count). The van der Waals surface area contributed by atoms with Gasteiger partial charge in [0.1, 0.15) is 22.3 Å². The molecule has 0 atom stereocenters. The smallest absolute Gasteiger partial charge is 0.137 e. The van der Waals surface area contributed by atoms with E-state index in [0.717, 1.165) is 66.7 Å². The minimum atomic E-state index is 0.869. The van der Waals surface area contributed by atoms with Crippen molar-refractivity contribution in [2.45, 2.75) is 0 Å².